The van der Waals surface area contributed by atoms with Crippen LogP contribution < -0.4 is 11.0 Å². The van der Waals surface area contributed by atoms with Crippen LogP contribution >= 0.6 is 22.6 Å². The highest BCUT2D eigenvalue weighted by Crippen LogP contribution is 2.28. The molecule has 2 rings (SSSR count). The summed E-state index contributed by atoms with van der Waals surface area (Å²) in [4.78, 5) is 27.5. The Balaban J connectivity index is 2.24. The minimum Gasteiger partial charge on any atom is -0.447 e. The van der Waals surface area contributed by atoms with Gasteiger partial charge in [-0.1, -0.05) is 0 Å². The average molecular weight is 439 g/mol. The molecule has 3 N–H and O–H groups in total. The number of aliphatic hydroxyl groups excluding tert-OH is 2. The Bertz CT molecular complexity index is 649. The molecular weight excluding hydrogens is 421 g/mol. The van der Waals surface area contributed by atoms with Crippen LogP contribution in [-0.4, -0.2) is 50.3 Å². The minimum atomic E-state index is -1.25. The van der Waals surface area contributed by atoms with Gasteiger partial charge in [-0.25, -0.2) is 9.59 Å². The molecule has 0 radical (unpaired) electrons. The fraction of sp³-hybridized carbons (Fsp3) is 0.615. The maximum Gasteiger partial charge on any atom is 0.413 e. The van der Waals surface area contributed by atoms with Gasteiger partial charge in [0, 0.05) is 6.20 Å². The first-order valence-corrected chi connectivity index (χ1v) is 8.06. The summed E-state index contributed by atoms with van der Waals surface area (Å²) in [7, 11) is 0. The van der Waals surface area contributed by atoms with Crippen LogP contribution in [0.5, 0.6) is 0 Å². The Morgan fingerprint density at radius 3 is 2.65 bits per heavy atom. The molecule has 1 amide bonds. The van der Waals surface area contributed by atoms with Gasteiger partial charge in [0.05, 0.1) is 15.8 Å². The van der Waals surface area contributed by atoms with E-state index in [0.717, 1.165) is 4.57 Å². The van der Waals surface area contributed by atoms with Crippen molar-refractivity contribution >= 4 is 34.5 Å². The third-order valence-electron chi connectivity index (χ3n) is 3.22. The normalized spacial score (nSPS) is 27.3. The van der Waals surface area contributed by atoms with Crippen LogP contribution in [0, 0.1) is 3.57 Å². The Labute approximate surface area is 145 Å². The Morgan fingerprint density at radius 2 is 2.13 bits per heavy atom. The molecule has 1 aromatic rings. The number of aromatic nitrogens is 2. The number of hydrogen-bond donors (Lipinski definition) is 3. The van der Waals surface area contributed by atoms with Crippen LogP contribution in [0.3, 0.4) is 0 Å². The number of aliphatic hydroxyl groups is 2. The molecule has 0 bridgehead atoms. The van der Waals surface area contributed by atoms with Gasteiger partial charge in [-0.2, -0.15) is 4.98 Å². The second-order valence-corrected chi connectivity index (χ2v) is 6.58. The number of carbonyl (C=O) groups excluding carboxylic acids is 1. The lowest BCUT2D eigenvalue weighted by atomic mass is 10.1. The van der Waals surface area contributed by atoms with Gasteiger partial charge in [-0.15, -0.1) is 0 Å². The van der Waals surface area contributed by atoms with Crippen molar-refractivity contribution in [1.29, 1.82) is 0 Å². The molecule has 0 saturated carbocycles. The summed E-state index contributed by atoms with van der Waals surface area (Å²) in [6.07, 6.45) is -3.63. The first kappa shape index (κ1) is 18.1. The van der Waals surface area contributed by atoms with Crippen LogP contribution in [0.4, 0.5) is 10.6 Å². The van der Waals surface area contributed by atoms with Crippen LogP contribution in [-0.2, 0) is 9.47 Å². The zero-order valence-corrected chi connectivity index (χ0v) is 14.9. The number of rotatable bonds is 3. The number of anilines is 1. The number of hydrogen-bond acceptors (Lipinski definition) is 7. The van der Waals surface area contributed by atoms with Crippen LogP contribution in [0.2, 0.25) is 0 Å². The zero-order valence-electron chi connectivity index (χ0n) is 12.8. The van der Waals surface area contributed by atoms with Crippen LogP contribution in [0.15, 0.2) is 11.0 Å². The van der Waals surface area contributed by atoms with E-state index in [1.165, 1.54) is 6.20 Å². The Morgan fingerprint density at radius 1 is 1.48 bits per heavy atom. The standard InChI is InChI=1S/C13H18IN3O6/c1-5(2)22-13(21)16-10-7(14)4-17(12(20)15-10)11-9(19)8(18)6(3)23-11/h4-6,8-9,11,18-19H,1-3H3,(H,15,16,20,21)/t6-,8?,9?,11-/m1/s1. The number of nitrogens with one attached hydrogen (secondary N) is 1. The highest BCUT2D eigenvalue weighted by molar-refractivity contribution is 14.1. The van der Waals surface area contributed by atoms with E-state index in [9.17, 15) is 19.8 Å². The van der Waals surface area contributed by atoms with E-state index < -0.39 is 36.3 Å². The van der Waals surface area contributed by atoms with E-state index in [0.29, 0.717) is 3.57 Å². The maximum atomic E-state index is 12.1. The summed E-state index contributed by atoms with van der Waals surface area (Å²) in [5, 5.41) is 22.1. The minimum absolute atomic E-state index is 0.0542. The van der Waals surface area contributed by atoms with Gasteiger partial charge in [0.15, 0.2) is 12.0 Å². The van der Waals surface area contributed by atoms with E-state index in [4.69, 9.17) is 9.47 Å². The molecule has 0 aliphatic carbocycles. The molecule has 0 spiro atoms. The van der Waals surface area contributed by atoms with E-state index in [1.807, 2.05) is 22.6 Å². The smallest absolute Gasteiger partial charge is 0.413 e. The number of halogens is 1. The summed E-state index contributed by atoms with van der Waals surface area (Å²) >= 11 is 1.88. The Kier molecular flexibility index (Phi) is 5.60. The van der Waals surface area contributed by atoms with Gasteiger partial charge in [-0.3, -0.25) is 9.88 Å². The van der Waals surface area contributed by atoms with Gasteiger partial charge in [0.1, 0.15) is 12.2 Å². The predicted molar refractivity (Wildman–Crippen MR) is 88.1 cm³/mol. The van der Waals surface area contributed by atoms with Gasteiger partial charge < -0.3 is 19.7 Å². The lowest BCUT2D eigenvalue weighted by Gasteiger charge is -2.18. The van der Waals surface area contributed by atoms with E-state index in [1.54, 1.807) is 20.8 Å². The second-order valence-electron chi connectivity index (χ2n) is 5.42. The van der Waals surface area contributed by atoms with Gasteiger partial charge in [0.25, 0.3) is 0 Å². The molecule has 1 aliphatic heterocycles. The van der Waals surface area contributed by atoms with Crippen molar-refractivity contribution in [3.05, 3.63) is 20.3 Å². The summed E-state index contributed by atoms with van der Waals surface area (Å²) in [5.74, 6) is 0.0542. The van der Waals surface area contributed by atoms with Crippen molar-refractivity contribution in [3.63, 3.8) is 0 Å². The molecule has 1 aromatic heterocycles. The molecule has 1 aliphatic rings. The number of carbonyl (C=O) groups is 1. The number of ether oxygens (including phenoxy) is 2. The topological polar surface area (TPSA) is 123 Å². The molecule has 4 atom stereocenters. The first-order valence-electron chi connectivity index (χ1n) is 6.98. The van der Waals surface area contributed by atoms with Crippen molar-refractivity contribution < 1.29 is 24.5 Å². The molecule has 2 unspecified atom stereocenters. The fourth-order valence-corrected chi connectivity index (χ4v) is 2.67. The summed E-state index contributed by atoms with van der Waals surface area (Å²) < 4.78 is 11.8. The fourth-order valence-electron chi connectivity index (χ4n) is 2.11. The van der Waals surface area contributed by atoms with E-state index in [2.05, 4.69) is 10.3 Å². The largest absolute Gasteiger partial charge is 0.447 e. The van der Waals surface area contributed by atoms with E-state index in [-0.39, 0.29) is 11.9 Å². The van der Waals surface area contributed by atoms with Crippen molar-refractivity contribution in [2.75, 3.05) is 5.32 Å². The maximum absolute atomic E-state index is 12.1. The molecule has 2 heterocycles. The molecule has 23 heavy (non-hydrogen) atoms. The van der Waals surface area contributed by atoms with Crippen molar-refractivity contribution in [1.82, 2.24) is 9.55 Å². The molecule has 10 heteroatoms. The second kappa shape index (κ2) is 7.11. The average Bonchev–Trinajstić information content (AvgIpc) is 2.69. The molecule has 0 aromatic carbocycles. The lowest BCUT2D eigenvalue weighted by molar-refractivity contribution is -0.0351. The predicted octanol–water partition coefficient (Wildman–Crippen LogP) is 0.444. The summed E-state index contributed by atoms with van der Waals surface area (Å²) in [6.45, 7) is 4.98. The third-order valence-corrected chi connectivity index (χ3v) is 4.01. The Hall–Kier alpha value is -1.24. The molecule has 9 nitrogen and oxygen atoms in total. The molecule has 1 saturated heterocycles. The van der Waals surface area contributed by atoms with Crippen molar-refractivity contribution in [2.24, 2.45) is 0 Å². The third kappa shape index (κ3) is 4.00. The van der Waals surface area contributed by atoms with Gasteiger partial charge >= 0.3 is 11.8 Å². The number of nitrogens with zero attached hydrogens (tertiary/aromatic N) is 2. The molecule has 1 fully saturated rings. The molecular formula is C13H18IN3O6. The van der Waals surface area contributed by atoms with Crippen molar-refractivity contribution in [3.8, 4) is 0 Å². The quantitative estimate of drug-likeness (QED) is 0.585. The lowest BCUT2D eigenvalue weighted by Crippen LogP contribution is -2.36. The highest BCUT2D eigenvalue weighted by Gasteiger charge is 2.42. The zero-order chi connectivity index (χ0) is 17.3. The monoisotopic (exact) mass is 439 g/mol. The number of amides is 1. The molecule has 128 valence electrons. The van der Waals surface area contributed by atoms with Crippen molar-refractivity contribution in [2.45, 2.75) is 51.4 Å². The SMILES string of the molecule is CC(C)OC(=O)Nc1nc(=O)n([C@@H]2O[C@H](C)C(O)C2O)cc1I. The summed E-state index contributed by atoms with van der Waals surface area (Å²) in [6, 6.07) is 0. The van der Waals surface area contributed by atoms with Gasteiger partial charge in [0.2, 0.25) is 0 Å². The first-order chi connectivity index (χ1) is 10.7. The van der Waals surface area contributed by atoms with E-state index >= 15 is 0 Å². The van der Waals surface area contributed by atoms with Crippen LogP contribution in [0.1, 0.15) is 27.0 Å². The summed E-state index contributed by atoms with van der Waals surface area (Å²) in [5.41, 5.74) is -0.726. The van der Waals surface area contributed by atoms with Crippen LogP contribution in [0.25, 0.3) is 0 Å². The van der Waals surface area contributed by atoms with Gasteiger partial charge in [-0.05, 0) is 43.4 Å². The highest BCUT2D eigenvalue weighted by atomic mass is 127.